The Morgan fingerprint density at radius 3 is 2.79 bits per heavy atom. The number of methoxy groups -OCH3 is 1. The molecule has 33 heavy (non-hydrogen) atoms. The normalized spacial score (nSPS) is 15.5. The molecule has 1 aliphatic rings. The fraction of sp³-hybridized carbons (Fsp3) is 0.520. The minimum absolute atomic E-state index is 0.0253. The van der Waals surface area contributed by atoms with E-state index in [0.717, 1.165) is 29.7 Å². The summed E-state index contributed by atoms with van der Waals surface area (Å²) in [6, 6.07) is 7.44. The summed E-state index contributed by atoms with van der Waals surface area (Å²) in [4.78, 5) is 30.8. The van der Waals surface area contributed by atoms with Crippen molar-refractivity contribution >= 4 is 34.8 Å². The average Bonchev–Trinajstić information content (AvgIpc) is 3.26. The van der Waals surface area contributed by atoms with Crippen molar-refractivity contribution in [2.24, 2.45) is 5.92 Å². The zero-order valence-corrected chi connectivity index (χ0v) is 21.4. The number of thiophene rings is 1. The summed E-state index contributed by atoms with van der Waals surface area (Å²) >= 11 is 7.85. The van der Waals surface area contributed by atoms with Gasteiger partial charge in [-0.3, -0.25) is 9.59 Å². The third-order valence-electron chi connectivity index (χ3n) is 5.88. The first-order chi connectivity index (χ1) is 15.8. The van der Waals surface area contributed by atoms with Gasteiger partial charge in [0.2, 0.25) is 11.8 Å². The van der Waals surface area contributed by atoms with Crippen LogP contribution in [0.1, 0.15) is 42.3 Å². The van der Waals surface area contributed by atoms with Gasteiger partial charge in [0.1, 0.15) is 19.0 Å². The molecule has 2 heterocycles. The maximum absolute atomic E-state index is 13.4. The Kier molecular flexibility index (Phi) is 9.18. The van der Waals surface area contributed by atoms with Crippen molar-refractivity contribution in [3.8, 4) is 5.75 Å². The molecule has 0 spiro atoms. The summed E-state index contributed by atoms with van der Waals surface area (Å²) in [7, 11) is 1.49. The number of aryl methyl sites for hydroxylation is 1. The van der Waals surface area contributed by atoms with Crippen LogP contribution in [0.25, 0.3) is 0 Å². The number of benzene rings is 1. The predicted octanol–water partition coefficient (Wildman–Crippen LogP) is 4.74. The van der Waals surface area contributed by atoms with Crippen LogP contribution in [-0.4, -0.2) is 61.6 Å². The molecule has 0 radical (unpaired) electrons. The Bertz CT molecular complexity index is 962. The molecule has 0 N–H and O–H groups in total. The minimum Gasteiger partial charge on any atom is -0.491 e. The van der Waals surface area contributed by atoms with E-state index in [4.69, 9.17) is 21.1 Å². The maximum atomic E-state index is 13.4. The smallest absolute Gasteiger partial charge is 0.249 e. The van der Waals surface area contributed by atoms with Crippen LogP contribution < -0.4 is 4.74 Å². The first-order valence-electron chi connectivity index (χ1n) is 11.3. The number of carbonyl (C=O) groups is 2. The number of amides is 2. The molecule has 1 aromatic heterocycles. The molecule has 6 nitrogen and oxygen atoms in total. The summed E-state index contributed by atoms with van der Waals surface area (Å²) in [5, 5.41) is 2.76. The van der Waals surface area contributed by atoms with E-state index in [1.165, 1.54) is 12.0 Å². The van der Waals surface area contributed by atoms with Crippen LogP contribution in [0.5, 0.6) is 5.75 Å². The van der Waals surface area contributed by atoms with Crippen LogP contribution in [0, 0.1) is 12.8 Å². The topological polar surface area (TPSA) is 59.1 Å². The minimum atomic E-state index is -0.201. The van der Waals surface area contributed by atoms with E-state index >= 15 is 0 Å². The zero-order chi connectivity index (χ0) is 24.0. The molecule has 1 atom stereocenters. The van der Waals surface area contributed by atoms with E-state index in [-0.39, 0.29) is 31.0 Å². The number of hydrogen-bond donors (Lipinski definition) is 0. The standard InChI is InChI=1S/C25H33ClN2O4S/c1-17(2)7-10-27(25(30)16-31-4)14-24(29)28-11-8-23-20(9-12-33-23)22(28)15-32-19-5-6-21(26)18(3)13-19/h5-6,9,12-13,17,22H,7-8,10-11,14-16H2,1-4H3/t22-/m0/s1. The highest BCUT2D eigenvalue weighted by molar-refractivity contribution is 7.10. The molecule has 2 amide bonds. The quantitative estimate of drug-likeness (QED) is 0.481. The van der Waals surface area contributed by atoms with Crippen molar-refractivity contribution < 1.29 is 19.1 Å². The van der Waals surface area contributed by atoms with E-state index in [1.54, 1.807) is 16.2 Å². The third kappa shape index (κ3) is 6.71. The molecule has 0 unspecified atom stereocenters. The second-order valence-corrected chi connectivity index (χ2v) is 10.2. The van der Waals surface area contributed by atoms with Gasteiger partial charge in [0.25, 0.3) is 0 Å². The fourth-order valence-electron chi connectivity index (χ4n) is 3.93. The average molecular weight is 493 g/mol. The number of fused-ring (bicyclic) bond motifs is 1. The van der Waals surface area contributed by atoms with E-state index in [2.05, 4.69) is 25.3 Å². The molecule has 0 saturated carbocycles. The predicted molar refractivity (Wildman–Crippen MR) is 132 cm³/mol. The number of halogens is 1. The lowest BCUT2D eigenvalue weighted by Gasteiger charge is -2.37. The van der Waals surface area contributed by atoms with E-state index in [1.807, 2.05) is 30.0 Å². The summed E-state index contributed by atoms with van der Waals surface area (Å²) < 4.78 is 11.1. The van der Waals surface area contributed by atoms with Gasteiger partial charge in [0, 0.05) is 30.1 Å². The van der Waals surface area contributed by atoms with Crippen molar-refractivity contribution in [1.29, 1.82) is 0 Å². The van der Waals surface area contributed by atoms with Crippen molar-refractivity contribution in [2.45, 2.75) is 39.7 Å². The second-order valence-electron chi connectivity index (χ2n) is 8.80. The van der Waals surface area contributed by atoms with Crippen LogP contribution in [-0.2, 0) is 20.7 Å². The molecule has 3 rings (SSSR count). The van der Waals surface area contributed by atoms with Crippen molar-refractivity contribution in [3.05, 3.63) is 50.7 Å². The third-order valence-corrected chi connectivity index (χ3v) is 7.30. The molecule has 0 bridgehead atoms. The molecular formula is C25H33ClN2O4S. The highest BCUT2D eigenvalue weighted by Gasteiger charge is 2.33. The first-order valence-corrected chi connectivity index (χ1v) is 12.6. The van der Waals surface area contributed by atoms with Crippen molar-refractivity contribution in [1.82, 2.24) is 9.80 Å². The lowest BCUT2D eigenvalue weighted by atomic mass is 10.0. The number of ether oxygens (including phenoxy) is 2. The molecule has 8 heteroatoms. The van der Waals surface area contributed by atoms with Gasteiger partial charge in [-0.25, -0.2) is 0 Å². The molecule has 0 saturated heterocycles. The molecule has 0 aliphatic carbocycles. The van der Waals surface area contributed by atoms with Crippen LogP contribution in [0.4, 0.5) is 0 Å². The second kappa shape index (κ2) is 11.9. The molecule has 180 valence electrons. The van der Waals surface area contributed by atoms with E-state index in [9.17, 15) is 9.59 Å². The number of carbonyl (C=O) groups excluding carboxylic acids is 2. The van der Waals surface area contributed by atoms with Gasteiger partial charge >= 0.3 is 0 Å². The van der Waals surface area contributed by atoms with Crippen molar-refractivity contribution in [3.63, 3.8) is 0 Å². The summed E-state index contributed by atoms with van der Waals surface area (Å²) in [5.74, 6) is 0.927. The first kappa shape index (κ1) is 25.5. The summed E-state index contributed by atoms with van der Waals surface area (Å²) in [6.45, 7) is 7.66. The summed E-state index contributed by atoms with van der Waals surface area (Å²) in [5.41, 5.74) is 2.07. The van der Waals surface area contributed by atoms with Crippen molar-refractivity contribution in [2.75, 3.05) is 40.0 Å². The van der Waals surface area contributed by atoms with Crippen LogP contribution in [0.3, 0.4) is 0 Å². The van der Waals surface area contributed by atoms with Crippen LogP contribution >= 0.6 is 22.9 Å². The summed E-state index contributed by atoms with van der Waals surface area (Å²) in [6.07, 6.45) is 1.65. The Morgan fingerprint density at radius 1 is 1.30 bits per heavy atom. The number of nitrogens with zero attached hydrogens (tertiary/aromatic N) is 2. The maximum Gasteiger partial charge on any atom is 0.249 e. The largest absolute Gasteiger partial charge is 0.491 e. The number of hydrogen-bond acceptors (Lipinski definition) is 5. The molecular weight excluding hydrogens is 460 g/mol. The molecule has 0 fully saturated rings. The Balaban J connectivity index is 1.75. The lowest BCUT2D eigenvalue weighted by molar-refractivity contribution is -0.144. The molecule has 1 aromatic carbocycles. The van der Waals surface area contributed by atoms with Crippen LogP contribution in [0.2, 0.25) is 5.02 Å². The Morgan fingerprint density at radius 2 is 2.09 bits per heavy atom. The zero-order valence-electron chi connectivity index (χ0n) is 19.8. The van der Waals surface area contributed by atoms with Gasteiger partial charge in [-0.1, -0.05) is 25.4 Å². The lowest BCUT2D eigenvalue weighted by Crippen LogP contribution is -2.48. The van der Waals surface area contributed by atoms with Gasteiger partial charge < -0.3 is 19.3 Å². The monoisotopic (exact) mass is 492 g/mol. The highest BCUT2D eigenvalue weighted by Crippen LogP contribution is 2.34. The molecule has 2 aromatic rings. The van der Waals surface area contributed by atoms with Crippen LogP contribution in [0.15, 0.2) is 29.6 Å². The van der Waals surface area contributed by atoms with Gasteiger partial charge in [0.05, 0.1) is 12.6 Å². The van der Waals surface area contributed by atoms with Gasteiger partial charge in [-0.2, -0.15) is 0 Å². The Hall–Kier alpha value is -2.09. The number of rotatable bonds is 10. The fourth-order valence-corrected chi connectivity index (χ4v) is 4.98. The van der Waals surface area contributed by atoms with E-state index < -0.39 is 0 Å². The van der Waals surface area contributed by atoms with E-state index in [0.29, 0.717) is 30.6 Å². The molecule has 1 aliphatic heterocycles. The van der Waals surface area contributed by atoms with Gasteiger partial charge in [-0.05, 0) is 66.5 Å². The van der Waals surface area contributed by atoms with Gasteiger partial charge in [0.15, 0.2) is 0 Å². The van der Waals surface area contributed by atoms with Gasteiger partial charge in [-0.15, -0.1) is 11.3 Å². The Labute approximate surface area is 205 Å². The highest BCUT2D eigenvalue weighted by atomic mass is 35.5. The SMILES string of the molecule is COCC(=O)N(CCC(C)C)CC(=O)N1CCc2sccc2[C@@H]1COc1ccc(Cl)c(C)c1.